The number of tetrazole rings is 1. The Kier molecular flexibility index (Phi) is 8.93. The number of hydrogen-bond acceptors (Lipinski definition) is 7. The molecule has 10 nitrogen and oxygen atoms in total. The number of β-amino-alcohol motifs (C(OH)–C–C–N with tert-alkyl or cyclic N) is 1. The highest BCUT2D eigenvalue weighted by Crippen LogP contribution is 2.30. The van der Waals surface area contributed by atoms with Crippen LogP contribution in [-0.2, 0) is 29.1 Å². The number of aliphatic hydroxyl groups is 1. The molecule has 1 aromatic heterocycles. The number of halogens is 1. The summed E-state index contributed by atoms with van der Waals surface area (Å²) in [5.41, 5.74) is 4.66. The van der Waals surface area contributed by atoms with E-state index in [2.05, 4.69) is 31.3 Å². The lowest BCUT2D eigenvalue weighted by Crippen LogP contribution is -2.51. The smallest absolute Gasteiger partial charge is 0.246 e. The summed E-state index contributed by atoms with van der Waals surface area (Å²) in [4.78, 5) is 28.6. The van der Waals surface area contributed by atoms with Gasteiger partial charge in [-0.25, -0.2) is 9.49 Å². The number of benzene rings is 3. The van der Waals surface area contributed by atoms with Crippen LogP contribution < -0.4 is 10.6 Å². The molecule has 2 amide bonds. The van der Waals surface area contributed by atoms with E-state index in [1.807, 2.05) is 62.4 Å². The molecular weight excluding hydrogens is 549 g/mol. The Morgan fingerprint density at radius 1 is 1.12 bits per heavy atom. The van der Waals surface area contributed by atoms with E-state index < -0.39 is 17.7 Å². The zero-order valence-electron chi connectivity index (χ0n) is 24.5. The van der Waals surface area contributed by atoms with Crippen molar-refractivity contribution in [2.24, 2.45) is 0 Å². The normalized spacial score (nSPS) is 16.0. The van der Waals surface area contributed by atoms with E-state index in [4.69, 9.17) is 0 Å². The van der Waals surface area contributed by atoms with E-state index in [0.29, 0.717) is 31.0 Å². The molecule has 1 aliphatic heterocycles. The fourth-order valence-corrected chi connectivity index (χ4v) is 5.35. The lowest BCUT2D eigenvalue weighted by molar-refractivity contribution is -0.137. The molecule has 2 heterocycles. The summed E-state index contributed by atoms with van der Waals surface area (Å²) in [6.45, 7) is 6.35. The lowest BCUT2D eigenvalue weighted by Gasteiger charge is -2.29. The van der Waals surface area contributed by atoms with Gasteiger partial charge in [0, 0.05) is 43.6 Å². The second kappa shape index (κ2) is 12.8. The van der Waals surface area contributed by atoms with Crippen molar-refractivity contribution in [3.8, 4) is 22.5 Å². The van der Waals surface area contributed by atoms with Crippen LogP contribution in [0.1, 0.15) is 43.9 Å². The summed E-state index contributed by atoms with van der Waals surface area (Å²) in [6, 6.07) is 19.4. The molecule has 0 fully saturated rings. The number of amides is 2. The number of nitrogens with zero attached hydrogens (tertiary/aromatic N) is 4. The zero-order valence-corrected chi connectivity index (χ0v) is 24.5. The molecule has 0 aliphatic carbocycles. The minimum atomic E-state index is -0.843. The maximum Gasteiger partial charge on any atom is 0.246 e. The highest BCUT2D eigenvalue weighted by atomic mass is 19.1. The van der Waals surface area contributed by atoms with Gasteiger partial charge in [-0.1, -0.05) is 54.6 Å². The van der Waals surface area contributed by atoms with Crippen LogP contribution >= 0.6 is 0 Å². The number of aromatic amines is 1. The van der Waals surface area contributed by atoms with Gasteiger partial charge in [-0.15, -0.1) is 5.10 Å². The Hall–Kier alpha value is -4.48. The molecule has 0 spiro atoms. The molecule has 0 unspecified atom stereocenters. The number of carbonyl (C=O) groups excluding carboxylic acids is 2. The standard InChI is InChI=1S/C32H36FN7O3/c1-20(41)17-34-32(2,3)16-29(42)35-28-15-24-14-25(33)13-12-23(24)19-40(31(28)43)18-21-8-10-22(11-9-21)26-6-4-5-7-27(26)30-36-38-39-37-30/h4-14,20,28,34,41H,15-19H2,1-3H3,(H,35,42)(H,36,37,38,39)/t20-,28-/m1/s1. The van der Waals surface area contributed by atoms with Crippen molar-refractivity contribution < 1.29 is 19.1 Å². The molecule has 1 aliphatic rings. The van der Waals surface area contributed by atoms with Gasteiger partial charge in [0.1, 0.15) is 11.9 Å². The van der Waals surface area contributed by atoms with Crippen molar-refractivity contribution in [3.63, 3.8) is 0 Å². The number of carbonyl (C=O) groups is 2. The van der Waals surface area contributed by atoms with Gasteiger partial charge in [-0.3, -0.25) is 9.59 Å². The third-order valence-electron chi connectivity index (χ3n) is 7.54. The summed E-state index contributed by atoms with van der Waals surface area (Å²) >= 11 is 0. The molecule has 0 saturated carbocycles. The molecule has 0 saturated heterocycles. The molecule has 4 N–H and O–H groups in total. The number of H-pyrrole nitrogens is 1. The highest BCUT2D eigenvalue weighted by molar-refractivity contribution is 5.89. The van der Waals surface area contributed by atoms with Gasteiger partial charge in [0.05, 0.1) is 6.10 Å². The average molecular weight is 586 g/mol. The Morgan fingerprint density at radius 3 is 2.56 bits per heavy atom. The molecule has 224 valence electrons. The zero-order chi connectivity index (χ0) is 30.6. The summed E-state index contributed by atoms with van der Waals surface area (Å²) in [6.07, 6.45) is -0.255. The second-order valence-electron chi connectivity index (χ2n) is 11.7. The van der Waals surface area contributed by atoms with E-state index in [1.54, 1.807) is 17.9 Å². The van der Waals surface area contributed by atoms with Gasteiger partial charge in [0.2, 0.25) is 11.8 Å². The predicted molar refractivity (Wildman–Crippen MR) is 160 cm³/mol. The lowest BCUT2D eigenvalue weighted by atomic mass is 9.98. The van der Waals surface area contributed by atoms with E-state index >= 15 is 0 Å². The average Bonchev–Trinajstić information content (AvgIpc) is 3.48. The minimum Gasteiger partial charge on any atom is -0.392 e. The predicted octanol–water partition coefficient (Wildman–Crippen LogP) is 3.38. The van der Waals surface area contributed by atoms with Crippen LogP contribution in [0.15, 0.2) is 66.7 Å². The Bertz CT molecular complexity index is 1570. The number of hydrogen-bond donors (Lipinski definition) is 4. The fourth-order valence-electron chi connectivity index (χ4n) is 5.35. The highest BCUT2D eigenvalue weighted by Gasteiger charge is 2.32. The summed E-state index contributed by atoms with van der Waals surface area (Å²) in [7, 11) is 0. The van der Waals surface area contributed by atoms with E-state index in [9.17, 15) is 19.1 Å². The van der Waals surface area contributed by atoms with Gasteiger partial charge >= 0.3 is 0 Å². The van der Waals surface area contributed by atoms with Crippen molar-refractivity contribution in [1.82, 2.24) is 36.2 Å². The van der Waals surface area contributed by atoms with Crippen molar-refractivity contribution in [2.75, 3.05) is 6.54 Å². The molecule has 11 heteroatoms. The van der Waals surface area contributed by atoms with Crippen LogP contribution in [0.4, 0.5) is 4.39 Å². The number of nitrogens with one attached hydrogen (secondary N) is 3. The number of aromatic nitrogens is 4. The maximum absolute atomic E-state index is 14.2. The molecule has 5 rings (SSSR count). The van der Waals surface area contributed by atoms with Crippen LogP contribution in [0.3, 0.4) is 0 Å². The van der Waals surface area contributed by atoms with Crippen molar-refractivity contribution >= 4 is 11.8 Å². The van der Waals surface area contributed by atoms with Crippen LogP contribution in [0, 0.1) is 5.82 Å². The monoisotopic (exact) mass is 585 g/mol. The number of rotatable bonds is 10. The first-order valence-corrected chi connectivity index (χ1v) is 14.3. The molecule has 43 heavy (non-hydrogen) atoms. The summed E-state index contributed by atoms with van der Waals surface area (Å²) < 4.78 is 14.2. The number of fused-ring (bicyclic) bond motifs is 1. The Morgan fingerprint density at radius 2 is 1.86 bits per heavy atom. The molecule has 0 radical (unpaired) electrons. The first kappa shape index (κ1) is 30.0. The Labute approximate surface area is 249 Å². The molecule has 3 aromatic carbocycles. The molecule has 0 bridgehead atoms. The van der Waals surface area contributed by atoms with Crippen molar-refractivity contribution in [3.05, 3.63) is 89.2 Å². The fraction of sp³-hybridized carbons (Fsp3) is 0.344. The largest absolute Gasteiger partial charge is 0.392 e. The Balaban J connectivity index is 1.35. The topological polar surface area (TPSA) is 136 Å². The molecular formula is C32H36FN7O3. The van der Waals surface area contributed by atoms with Gasteiger partial charge in [0.15, 0.2) is 5.82 Å². The van der Waals surface area contributed by atoms with Crippen LogP contribution in [0.2, 0.25) is 0 Å². The van der Waals surface area contributed by atoms with E-state index in [-0.39, 0.29) is 30.5 Å². The SMILES string of the molecule is C[C@@H](O)CNC(C)(C)CC(=O)N[C@@H]1Cc2cc(F)ccc2CN(Cc2ccc(-c3ccccc3-c3nnn[nH]3)cc2)C1=O. The third-order valence-corrected chi connectivity index (χ3v) is 7.54. The minimum absolute atomic E-state index is 0.104. The number of aliphatic hydroxyl groups excluding tert-OH is 1. The first-order chi connectivity index (χ1) is 20.6. The van der Waals surface area contributed by atoms with Crippen molar-refractivity contribution in [1.29, 1.82) is 0 Å². The van der Waals surface area contributed by atoms with Crippen LogP contribution in [-0.4, -0.2) is 66.7 Å². The first-order valence-electron chi connectivity index (χ1n) is 14.3. The van der Waals surface area contributed by atoms with Gasteiger partial charge in [-0.2, -0.15) is 0 Å². The van der Waals surface area contributed by atoms with Crippen LogP contribution in [0.5, 0.6) is 0 Å². The van der Waals surface area contributed by atoms with E-state index in [1.165, 1.54) is 12.1 Å². The van der Waals surface area contributed by atoms with E-state index in [0.717, 1.165) is 27.8 Å². The third kappa shape index (κ3) is 7.49. The van der Waals surface area contributed by atoms with Crippen LogP contribution in [0.25, 0.3) is 22.5 Å². The summed E-state index contributed by atoms with van der Waals surface area (Å²) in [5, 5.41) is 29.9. The van der Waals surface area contributed by atoms with Gasteiger partial charge < -0.3 is 20.6 Å². The maximum atomic E-state index is 14.2. The van der Waals surface area contributed by atoms with Crippen molar-refractivity contribution in [2.45, 2.75) is 64.4 Å². The second-order valence-corrected chi connectivity index (χ2v) is 11.7. The van der Waals surface area contributed by atoms with Gasteiger partial charge in [-0.05, 0) is 71.1 Å². The molecule has 4 aromatic rings. The molecule has 2 atom stereocenters. The quantitative estimate of drug-likeness (QED) is 0.224. The summed E-state index contributed by atoms with van der Waals surface area (Å²) in [5.74, 6) is -0.344. The van der Waals surface area contributed by atoms with Gasteiger partial charge in [0.25, 0.3) is 0 Å².